The van der Waals surface area contributed by atoms with Crippen molar-refractivity contribution in [1.29, 1.82) is 0 Å². The van der Waals surface area contributed by atoms with Crippen LogP contribution in [0.1, 0.15) is 31.2 Å². The van der Waals surface area contributed by atoms with Gasteiger partial charge in [0.15, 0.2) is 0 Å². The van der Waals surface area contributed by atoms with Gasteiger partial charge in [-0.25, -0.2) is 4.79 Å². The van der Waals surface area contributed by atoms with E-state index in [1.807, 2.05) is 6.92 Å². The number of rotatable bonds is 4. The lowest BCUT2D eigenvalue weighted by molar-refractivity contribution is 0.176. The van der Waals surface area contributed by atoms with Crippen LogP contribution < -0.4 is 15.4 Å². The van der Waals surface area contributed by atoms with Gasteiger partial charge in [-0.05, 0) is 50.2 Å². The zero-order chi connectivity index (χ0) is 16.1. The summed E-state index contributed by atoms with van der Waals surface area (Å²) in [6.45, 7) is 2.11. The number of nitrogens with one attached hydrogen (secondary N) is 2. The van der Waals surface area contributed by atoms with Gasteiger partial charge in [0.25, 0.3) is 0 Å². The molecule has 0 unspecified atom stereocenters. The fourth-order valence-electron chi connectivity index (χ4n) is 2.76. The van der Waals surface area contributed by atoms with Gasteiger partial charge in [-0.15, -0.1) is 0 Å². The van der Waals surface area contributed by atoms with Crippen LogP contribution in [0.25, 0.3) is 0 Å². The van der Waals surface area contributed by atoms with Crippen molar-refractivity contribution >= 4 is 23.3 Å². The van der Waals surface area contributed by atoms with Crippen LogP contribution in [0.15, 0.2) is 12.1 Å². The van der Waals surface area contributed by atoms with Crippen molar-refractivity contribution in [2.45, 2.75) is 38.6 Å². The second-order valence-corrected chi connectivity index (χ2v) is 6.21. The van der Waals surface area contributed by atoms with E-state index in [1.54, 1.807) is 19.2 Å². The third-order valence-corrected chi connectivity index (χ3v) is 4.58. The van der Waals surface area contributed by atoms with Crippen molar-refractivity contribution in [3.8, 4) is 5.75 Å². The van der Waals surface area contributed by atoms with E-state index in [0.717, 1.165) is 31.2 Å². The molecule has 2 amide bonds. The van der Waals surface area contributed by atoms with E-state index in [0.29, 0.717) is 22.4 Å². The zero-order valence-corrected chi connectivity index (χ0v) is 13.7. The molecule has 0 saturated heterocycles. The molecule has 0 heterocycles. The van der Waals surface area contributed by atoms with Gasteiger partial charge in [0, 0.05) is 23.7 Å². The summed E-state index contributed by atoms with van der Waals surface area (Å²) in [6.07, 6.45) is 3.69. The molecule has 1 aromatic carbocycles. The fourth-order valence-corrected chi connectivity index (χ4v) is 2.92. The lowest BCUT2D eigenvalue weighted by Gasteiger charge is -2.28. The molecule has 1 aromatic rings. The Morgan fingerprint density at radius 3 is 2.64 bits per heavy atom. The number of aryl methyl sites for hydroxylation is 1. The fraction of sp³-hybridized carbons (Fsp3) is 0.562. The molecule has 6 heteroatoms. The lowest BCUT2D eigenvalue weighted by atomic mass is 9.87. The van der Waals surface area contributed by atoms with E-state index >= 15 is 0 Å². The summed E-state index contributed by atoms with van der Waals surface area (Å²) in [4.78, 5) is 12.1. The molecule has 1 aliphatic carbocycles. The number of amides is 2. The monoisotopic (exact) mass is 326 g/mol. The highest BCUT2D eigenvalue weighted by Gasteiger charge is 2.22. The largest absolute Gasteiger partial charge is 0.495 e. The number of aliphatic hydroxyl groups excluding tert-OH is 1. The van der Waals surface area contributed by atoms with E-state index in [4.69, 9.17) is 21.4 Å². The van der Waals surface area contributed by atoms with Crippen LogP contribution in [0.5, 0.6) is 5.75 Å². The third-order valence-electron chi connectivity index (χ3n) is 4.17. The van der Waals surface area contributed by atoms with Crippen molar-refractivity contribution in [1.82, 2.24) is 5.32 Å². The van der Waals surface area contributed by atoms with Gasteiger partial charge >= 0.3 is 6.03 Å². The Morgan fingerprint density at radius 2 is 2.05 bits per heavy atom. The molecular weight excluding hydrogens is 304 g/mol. The molecule has 2 rings (SSSR count). The summed E-state index contributed by atoms with van der Waals surface area (Å²) < 4.78 is 5.25. The van der Waals surface area contributed by atoms with Crippen LogP contribution in [-0.4, -0.2) is 30.9 Å². The first-order valence-corrected chi connectivity index (χ1v) is 7.93. The Bertz CT molecular complexity index is 528. The predicted octanol–water partition coefficient (Wildman–Crippen LogP) is 3.33. The number of carbonyl (C=O) groups excluding carboxylic acids is 1. The average molecular weight is 327 g/mol. The molecule has 0 aromatic heterocycles. The Labute approximate surface area is 136 Å². The van der Waals surface area contributed by atoms with Crippen molar-refractivity contribution in [3.63, 3.8) is 0 Å². The SMILES string of the molecule is COc1cc(Cl)c(C)cc1NC(=O)NC1CCC(CO)CC1. The molecule has 5 nitrogen and oxygen atoms in total. The first-order chi connectivity index (χ1) is 10.5. The number of hydrogen-bond acceptors (Lipinski definition) is 3. The Morgan fingerprint density at radius 1 is 1.36 bits per heavy atom. The third kappa shape index (κ3) is 4.27. The topological polar surface area (TPSA) is 70.6 Å². The quantitative estimate of drug-likeness (QED) is 0.794. The second-order valence-electron chi connectivity index (χ2n) is 5.80. The minimum absolute atomic E-state index is 0.155. The van der Waals surface area contributed by atoms with Crippen molar-refractivity contribution in [3.05, 3.63) is 22.7 Å². The molecule has 0 atom stereocenters. The maximum atomic E-state index is 12.1. The molecule has 0 spiro atoms. The van der Waals surface area contributed by atoms with Crippen LogP contribution in [0.4, 0.5) is 10.5 Å². The number of methoxy groups -OCH3 is 1. The van der Waals surface area contributed by atoms with Crippen molar-refractivity contribution in [2.75, 3.05) is 19.0 Å². The number of anilines is 1. The van der Waals surface area contributed by atoms with Gasteiger partial charge in [0.1, 0.15) is 5.75 Å². The summed E-state index contributed by atoms with van der Waals surface area (Å²) in [7, 11) is 1.54. The van der Waals surface area contributed by atoms with E-state index in [2.05, 4.69) is 10.6 Å². The number of hydrogen-bond donors (Lipinski definition) is 3. The lowest BCUT2D eigenvalue weighted by Crippen LogP contribution is -2.40. The molecule has 22 heavy (non-hydrogen) atoms. The van der Waals surface area contributed by atoms with Gasteiger partial charge in [-0.1, -0.05) is 11.6 Å². The van der Waals surface area contributed by atoms with Gasteiger partial charge < -0.3 is 20.5 Å². The maximum Gasteiger partial charge on any atom is 0.319 e. The Hall–Kier alpha value is -1.46. The molecule has 0 radical (unpaired) electrons. The minimum Gasteiger partial charge on any atom is -0.495 e. The second kappa shape index (κ2) is 7.70. The molecule has 1 fully saturated rings. The molecule has 0 aliphatic heterocycles. The number of benzene rings is 1. The number of ether oxygens (including phenoxy) is 1. The predicted molar refractivity (Wildman–Crippen MR) is 87.7 cm³/mol. The molecule has 1 aliphatic rings. The minimum atomic E-state index is -0.243. The van der Waals surface area contributed by atoms with Crippen LogP contribution in [-0.2, 0) is 0 Å². The normalized spacial score (nSPS) is 21.3. The standard InChI is InChI=1S/C16H23ClN2O3/c1-10-7-14(15(22-2)8-13(10)17)19-16(21)18-12-5-3-11(9-20)4-6-12/h7-8,11-12,20H,3-6,9H2,1-2H3,(H2,18,19,21). The van der Waals surface area contributed by atoms with Gasteiger partial charge in [0.2, 0.25) is 0 Å². The summed E-state index contributed by atoms with van der Waals surface area (Å²) in [5.41, 5.74) is 1.48. The van der Waals surface area contributed by atoms with Gasteiger partial charge in [-0.3, -0.25) is 0 Å². The Balaban J connectivity index is 1.94. The molecule has 3 N–H and O–H groups in total. The van der Waals surface area contributed by atoms with E-state index in [1.165, 1.54) is 0 Å². The van der Waals surface area contributed by atoms with Crippen LogP contribution in [0, 0.1) is 12.8 Å². The van der Waals surface area contributed by atoms with Crippen LogP contribution in [0.2, 0.25) is 5.02 Å². The smallest absolute Gasteiger partial charge is 0.319 e. The van der Waals surface area contributed by atoms with Gasteiger partial charge in [-0.2, -0.15) is 0 Å². The highest BCUT2D eigenvalue weighted by Crippen LogP contribution is 2.31. The summed E-state index contributed by atoms with van der Waals surface area (Å²) >= 11 is 6.06. The van der Waals surface area contributed by atoms with E-state index in [9.17, 15) is 4.79 Å². The van der Waals surface area contributed by atoms with Crippen molar-refractivity contribution in [2.24, 2.45) is 5.92 Å². The summed E-state index contributed by atoms with van der Waals surface area (Å²) in [6, 6.07) is 3.40. The number of aliphatic hydroxyl groups is 1. The first kappa shape index (κ1) is 16.9. The summed E-state index contributed by atoms with van der Waals surface area (Å²) in [5.74, 6) is 0.912. The highest BCUT2D eigenvalue weighted by atomic mass is 35.5. The first-order valence-electron chi connectivity index (χ1n) is 7.56. The van der Waals surface area contributed by atoms with Crippen LogP contribution in [0.3, 0.4) is 0 Å². The number of halogens is 1. The molecule has 1 saturated carbocycles. The number of urea groups is 1. The Kier molecular flexibility index (Phi) is 5.91. The highest BCUT2D eigenvalue weighted by molar-refractivity contribution is 6.31. The number of carbonyl (C=O) groups is 1. The maximum absolute atomic E-state index is 12.1. The van der Waals surface area contributed by atoms with Crippen molar-refractivity contribution < 1.29 is 14.6 Å². The summed E-state index contributed by atoms with van der Waals surface area (Å²) in [5, 5.41) is 15.5. The van der Waals surface area contributed by atoms with Crippen LogP contribution >= 0.6 is 11.6 Å². The van der Waals surface area contributed by atoms with E-state index < -0.39 is 0 Å². The molecule has 122 valence electrons. The molecular formula is C16H23ClN2O3. The van der Waals surface area contributed by atoms with E-state index in [-0.39, 0.29) is 18.7 Å². The molecule has 0 bridgehead atoms. The average Bonchev–Trinajstić information content (AvgIpc) is 2.51. The zero-order valence-electron chi connectivity index (χ0n) is 13.0. The van der Waals surface area contributed by atoms with Gasteiger partial charge in [0.05, 0.1) is 12.8 Å².